The van der Waals surface area contributed by atoms with Crippen LogP contribution in [0.5, 0.6) is 0 Å². The van der Waals surface area contributed by atoms with Gasteiger partial charge in [0.05, 0.1) is 16.5 Å². The third-order valence-electron chi connectivity index (χ3n) is 3.55. The smallest absolute Gasteiger partial charge is 0.384 e. The average Bonchev–Trinajstić information content (AvgIpc) is 3.07. The highest BCUT2D eigenvalue weighted by molar-refractivity contribution is 7.22. The molecule has 4 aromatic heterocycles. The Balaban J connectivity index is 1.93. The van der Waals surface area contributed by atoms with E-state index in [4.69, 9.17) is 4.42 Å². The number of aromatic nitrogens is 3. The number of furan rings is 1. The molecule has 1 aliphatic rings. The molecule has 0 saturated heterocycles. The summed E-state index contributed by atoms with van der Waals surface area (Å²) >= 11 is 1.77. The molecule has 5 heterocycles. The van der Waals surface area contributed by atoms with Crippen LogP contribution in [0.1, 0.15) is 5.56 Å². The Morgan fingerprint density at radius 3 is 3.26 bits per heavy atom. The fraction of sp³-hybridized carbons (Fsp3) is 0.0714. The van der Waals surface area contributed by atoms with Gasteiger partial charge in [-0.2, -0.15) is 0 Å². The van der Waals surface area contributed by atoms with Crippen LogP contribution < -0.4 is 4.57 Å². The lowest BCUT2D eigenvalue weighted by atomic mass is 10.2. The highest BCUT2D eigenvalue weighted by atomic mass is 32.1. The van der Waals surface area contributed by atoms with Crippen molar-refractivity contribution in [2.45, 2.75) is 6.54 Å². The molecular weight excluding hydrogens is 258 g/mol. The van der Waals surface area contributed by atoms with Crippen LogP contribution in [0.2, 0.25) is 0 Å². The van der Waals surface area contributed by atoms with E-state index in [2.05, 4.69) is 26.7 Å². The summed E-state index contributed by atoms with van der Waals surface area (Å²) in [6.45, 7) is 0.832. The number of thiazole rings is 1. The molecule has 0 fully saturated rings. The van der Waals surface area contributed by atoms with Crippen molar-refractivity contribution in [3.63, 3.8) is 0 Å². The monoisotopic (exact) mass is 266 g/mol. The Bertz CT molecular complexity index is 954. The Hall–Kier alpha value is -2.27. The molecule has 0 aromatic carbocycles. The number of pyridine rings is 2. The van der Waals surface area contributed by atoms with E-state index >= 15 is 0 Å². The zero-order valence-corrected chi connectivity index (χ0v) is 10.6. The summed E-state index contributed by atoms with van der Waals surface area (Å²) in [5.74, 6) is 0. The maximum Gasteiger partial charge on any atom is 0.395 e. The summed E-state index contributed by atoms with van der Waals surface area (Å²) in [5, 5.41) is 2.34. The zero-order valence-electron chi connectivity index (χ0n) is 9.83. The lowest BCUT2D eigenvalue weighted by Gasteiger charge is -1.88. The van der Waals surface area contributed by atoms with Crippen LogP contribution in [0.15, 0.2) is 41.2 Å². The molecular formula is C14H8N3OS+. The summed E-state index contributed by atoms with van der Waals surface area (Å²) < 4.78 is 9.31. The Morgan fingerprint density at radius 1 is 1.26 bits per heavy atom. The molecule has 0 unspecified atom stereocenters. The Labute approximate surface area is 112 Å². The van der Waals surface area contributed by atoms with Crippen LogP contribution in [0.4, 0.5) is 0 Å². The normalized spacial score (nSPS) is 13.1. The molecule has 0 N–H and O–H groups in total. The van der Waals surface area contributed by atoms with Crippen LogP contribution in [-0.4, -0.2) is 9.97 Å². The molecule has 0 spiro atoms. The lowest BCUT2D eigenvalue weighted by molar-refractivity contribution is -0.648. The van der Waals surface area contributed by atoms with E-state index < -0.39 is 0 Å². The van der Waals surface area contributed by atoms with Crippen LogP contribution in [-0.2, 0) is 6.54 Å². The van der Waals surface area contributed by atoms with Gasteiger partial charge in [0.25, 0.3) is 5.01 Å². The van der Waals surface area contributed by atoms with Crippen molar-refractivity contribution in [3.05, 3.63) is 42.4 Å². The van der Waals surface area contributed by atoms with Gasteiger partial charge < -0.3 is 4.42 Å². The van der Waals surface area contributed by atoms with Crippen molar-refractivity contribution in [2.75, 3.05) is 0 Å². The second kappa shape index (κ2) is 3.19. The van der Waals surface area contributed by atoms with Gasteiger partial charge in [-0.3, -0.25) is 4.98 Å². The molecule has 0 amide bonds. The van der Waals surface area contributed by atoms with Crippen LogP contribution in [0.25, 0.3) is 32.1 Å². The molecule has 4 nitrogen and oxygen atoms in total. The van der Waals surface area contributed by atoms with Gasteiger partial charge in [-0.25, -0.2) is 4.98 Å². The van der Waals surface area contributed by atoms with Crippen molar-refractivity contribution in [2.24, 2.45) is 0 Å². The van der Waals surface area contributed by atoms with Gasteiger partial charge in [-0.15, -0.1) is 4.57 Å². The minimum Gasteiger partial charge on any atom is -0.384 e. The van der Waals surface area contributed by atoms with Crippen molar-refractivity contribution < 1.29 is 8.98 Å². The van der Waals surface area contributed by atoms with E-state index in [1.54, 1.807) is 17.5 Å². The molecule has 0 radical (unpaired) electrons. The van der Waals surface area contributed by atoms with Gasteiger partial charge in [0.1, 0.15) is 0 Å². The van der Waals surface area contributed by atoms with Crippen molar-refractivity contribution in [3.8, 4) is 10.6 Å². The number of rotatable bonds is 0. The summed E-state index contributed by atoms with van der Waals surface area (Å²) in [6, 6.07) is 6.09. The second-order valence-electron chi connectivity index (χ2n) is 4.62. The fourth-order valence-corrected chi connectivity index (χ4v) is 3.96. The first-order chi connectivity index (χ1) is 9.42. The SMILES string of the molecule is c1cnc2oc3c(sc4[n+]3Cc3cnccc3-4)c2c1. The topological polar surface area (TPSA) is 42.8 Å². The maximum atomic E-state index is 5.91. The average molecular weight is 266 g/mol. The van der Waals surface area contributed by atoms with Gasteiger partial charge in [-0.05, 0) is 18.2 Å². The number of fused-ring (bicyclic) bond motifs is 7. The largest absolute Gasteiger partial charge is 0.395 e. The molecule has 19 heavy (non-hydrogen) atoms. The lowest BCUT2D eigenvalue weighted by Crippen LogP contribution is -2.29. The predicted octanol–water partition coefficient (Wildman–Crippen LogP) is 2.75. The quantitative estimate of drug-likeness (QED) is 0.405. The summed E-state index contributed by atoms with van der Waals surface area (Å²) in [5.41, 5.74) is 4.16. The number of hydrogen-bond acceptors (Lipinski definition) is 4. The predicted molar refractivity (Wildman–Crippen MR) is 71.9 cm³/mol. The molecule has 90 valence electrons. The van der Waals surface area contributed by atoms with Crippen LogP contribution in [0, 0.1) is 0 Å². The van der Waals surface area contributed by atoms with Crippen LogP contribution >= 0.6 is 11.3 Å². The standard InChI is InChI=1S/C14H8N3OS/c1-2-10-11-13(18-12(10)16-4-1)17-7-8-6-15-5-3-9(8)14(17)19-11/h1-6H,7H2/q+1. The van der Waals surface area contributed by atoms with Gasteiger partial charge in [0.2, 0.25) is 5.71 Å². The number of nitrogens with zero attached hydrogens (tertiary/aromatic N) is 3. The molecule has 0 bridgehead atoms. The van der Waals surface area contributed by atoms with E-state index in [1.807, 2.05) is 18.5 Å². The molecule has 4 aromatic rings. The molecule has 0 saturated carbocycles. The molecule has 0 atom stereocenters. The van der Waals surface area contributed by atoms with E-state index in [0.717, 1.165) is 17.6 Å². The van der Waals surface area contributed by atoms with E-state index in [1.165, 1.54) is 20.8 Å². The maximum absolute atomic E-state index is 5.91. The zero-order chi connectivity index (χ0) is 12.4. The minimum absolute atomic E-state index is 0.716. The molecule has 1 aliphatic heterocycles. The summed E-state index contributed by atoms with van der Waals surface area (Å²) in [7, 11) is 0. The van der Waals surface area contributed by atoms with Gasteiger partial charge in [-0.1, -0.05) is 11.3 Å². The molecule has 5 rings (SSSR count). The van der Waals surface area contributed by atoms with Gasteiger partial charge in [0, 0.05) is 18.6 Å². The highest BCUT2D eigenvalue weighted by Crippen LogP contribution is 2.38. The fourth-order valence-electron chi connectivity index (χ4n) is 2.69. The van der Waals surface area contributed by atoms with Gasteiger partial charge >= 0.3 is 5.71 Å². The first kappa shape index (κ1) is 9.63. The minimum atomic E-state index is 0.716. The van der Waals surface area contributed by atoms with Crippen molar-refractivity contribution in [1.29, 1.82) is 0 Å². The molecule has 5 heteroatoms. The Kier molecular flexibility index (Phi) is 1.62. The highest BCUT2D eigenvalue weighted by Gasteiger charge is 2.35. The first-order valence-corrected chi connectivity index (χ1v) is 6.86. The van der Waals surface area contributed by atoms with E-state index in [0.29, 0.717) is 5.71 Å². The van der Waals surface area contributed by atoms with Crippen molar-refractivity contribution in [1.82, 2.24) is 9.97 Å². The summed E-state index contributed by atoms with van der Waals surface area (Å²) in [6.07, 6.45) is 5.54. The first-order valence-electron chi connectivity index (χ1n) is 6.05. The third-order valence-corrected chi connectivity index (χ3v) is 4.79. The van der Waals surface area contributed by atoms with E-state index in [9.17, 15) is 0 Å². The Morgan fingerprint density at radius 2 is 2.26 bits per heavy atom. The van der Waals surface area contributed by atoms with Crippen LogP contribution in [0.3, 0.4) is 0 Å². The van der Waals surface area contributed by atoms with Gasteiger partial charge in [0.15, 0.2) is 11.2 Å². The van der Waals surface area contributed by atoms with E-state index in [-0.39, 0.29) is 0 Å². The number of hydrogen-bond donors (Lipinski definition) is 0. The van der Waals surface area contributed by atoms with Crippen molar-refractivity contribution >= 4 is 32.8 Å². The second-order valence-corrected chi connectivity index (χ2v) is 5.62. The third kappa shape index (κ3) is 1.11. The summed E-state index contributed by atoms with van der Waals surface area (Å²) in [4.78, 5) is 8.47. The molecule has 0 aliphatic carbocycles.